The van der Waals surface area contributed by atoms with Crippen LogP contribution >= 0.6 is 15.9 Å². The van der Waals surface area contributed by atoms with Gasteiger partial charge in [-0.3, -0.25) is 9.69 Å². The van der Waals surface area contributed by atoms with E-state index in [0.717, 1.165) is 26.2 Å². The summed E-state index contributed by atoms with van der Waals surface area (Å²) in [5, 5.41) is 2.87. The maximum atomic E-state index is 11.9. The summed E-state index contributed by atoms with van der Waals surface area (Å²) in [5.74, 6) is -0.168. The van der Waals surface area contributed by atoms with Crippen LogP contribution < -0.4 is 5.32 Å². The molecule has 2 heterocycles. The van der Waals surface area contributed by atoms with Crippen LogP contribution in [0.25, 0.3) is 0 Å². The molecule has 1 N–H and O–H groups in total. The second kappa shape index (κ2) is 6.98. The molecule has 1 aromatic heterocycles. The fourth-order valence-electron chi connectivity index (χ4n) is 2.02. The van der Waals surface area contributed by atoms with E-state index < -0.39 is 0 Å². The molecule has 1 aliphatic heterocycles. The number of carbonyl (C=O) groups is 1. The lowest BCUT2D eigenvalue weighted by atomic mass is 10.2. The van der Waals surface area contributed by atoms with E-state index in [4.69, 9.17) is 4.74 Å². The van der Waals surface area contributed by atoms with Gasteiger partial charge in [0.2, 0.25) is 0 Å². The lowest BCUT2D eigenvalue weighted by Crippen LogP contribution is -2.47. The molecule has 1 amide bonds. The zero-order valence-electron chi connectivity index (χ0n) is 10.9. The third kappa shape index (κ3) is 4.26. The van der Waals surface area contributed by atoms with E-state index in [1.807, 2.05) is 0 Å². The van der Waals surface area contributed by atoms with Crippen LogP contribution in [0.5, 0.6) is 0 Å². The summed E-state index contributed by atoms with van der Waals surface area (Å²) in [6, 6.07) is 5.28. The zero-order chi connectivity index (χ0) is 13.7. The van der Waals surface area contributed by atoms with Crippen molar-refractivity contribution >= 4 is 21.8 Å². The molecule has 1 fully saturated rings. The lowest BCUT2D eigenvalue weighted by molar-refractivity contribution is -0.0246. The normalized spacial score (nSPS) is 20.2. The summed E-state index contributed by atoms with van der Waals surface area (Å²) < 4.78 is 6.29. The number of hydrogen-bond donors (Lipinski definition) is 1. The summed E-state index contributed by atoms with van der Waals surface area (Å²) in [6.45, 7) is 6.22. The Labute approximate surface area is 121 Å². The Bertz CT molecular complexity index is 442. The number of rotatable bonds is 4. The highest BCUT2D eigenvalue weighted by molar-refractivity contribution is 9.10. The molecular formula is C13H18BrN3O2. The fraction of sp³-hybridized carbons (Fsp3) is 0.538. The first-order chi connectivity index (χ1) is 9.19. The molecule has 1 aromatic rings. The van der Waals surface area contributed by atoms with E-state index in [2.05, 4.69) is 38.1 Å². The molecule has 1 aliphatic rings. The molecule has 0 saturated carbocycles. The molecule has 0 aromatic carbocycles. The van der Waals surface area contributed by atoms with Crippen LogP contribution in [0, 0.1) is 0 Å². The number of nitrogens with zero attached hydrogens (tertiary/aromatic N) is 2. The molecule has 19 heavy (non-hydrogen) atoms. The van der Waals surface area contributed by atoms with E-state index in [9.17, 15) is 4.79 Å². The zero-order valence-corrected chi connectivity index (χ0v) is 12.5. The number of pyridine rings is 1. The number of aromatic nitrogens is 1. The molecule has 0 aliphatic carbocycles. The van der Waals surface area contributed by atoms with Crippen molar-refractivity contribution in [2.45, 2.75) is 13.0 Å². The average molecular weight is 328 g/mol. The van der Waals surface area contributed by atoms with Crippen molar-refractivity contribution in [1.82, 2.24) is 15.2 Å². The summed E-state index contributed by atoms with van der Waals surface area (Å²) in [6.07, 6.45) is 0.0600. The topological polar surface area (TPSA) is 54.5 Å². The van der Waals surface area contributed by atoms with Crippen LogP contribution in [0.15, 0.2) is 22.8 Å². The monoisotopic (exact) mass is 327 g/mol. The number of amides is 1. The van der Waals surface area contributed by atoms with Gasteiger partial charge in [0, 0.05) is 19.6 Å². The summed E-state index contributed by atoms with van der Waals surface area (Å²) in [4.78, 5) is 18.4. The van der Waals surface area contributed by atoms with Crippen LogP contribution in [0.2, 0.25) is 0 Å². The first-order valence-electron chi connectivity index (χ1n) is 6.43. The third-order valence-corrected chi connectivity index (χ3v) is 3.55. The van der Waals surface area contributed by atoms with Gasteiger partial charge in [0.15, 0.2) is 0 Å². The van der Waals surface area contributed by atoms with Gasteiger partial charge in [0.25, 0.3) is 5.91 Å². The fourth-order valence-corrected chi connectivity index (χ4v) is 2.37. The highest BCUT2D eigenvalue weighted by Gasteiger charge is 2.20. The van der Waals surface area contributed by atoms with Gasteiger partial charge in [-0.2, -0.15) is 0 Å². The van der Waals surface area contributed by atoms with Crippen LogP contribution in [0.1, 0.15) is 17.4 Å². The predicted molar refractivity (Wildman–Crippen MR) is 76.1 cm³/mol. The Kier molecular flexibility index (Phi) is 5.30. The van der Waals surface area contributed by atoms with E-state index in [0.29, 0.717) is 16.8 Å². The number of halogens is 1. The average Bonchev–Trinajstić information content (AvgIpc) is 2.45. The number of carbonyl (C=O) groups excluding carboxylic acids is 1. The van der Waals surface area contributed by atoms with E-state index in [-0.39, 0.29) is 12.0 Å². The van der Waals surface area contributed by atoms with Gasteiger partial charge in [-0.1, -0.05) is 13.0 Å². The van der Waals surface area contributed by atoms with Gasteiger partial charge in [0.05, 0.1) is 12.7 Å². The maximum Gasteiger partial charge on any atom is 0.270 e. The van der Waals surface area contributed by atoms with Gasteiger partial charge in [-0.05, 0) is 34.6 Å². The van der Waals surface area contributed by atoms with Gasteiger partial charge in [-0.15, -0.1) is 0 Å². The first kappa shape index (κ1) is 14.4. The molecule has 0 bridgehead atoms. The molecular weight excluding hydrogens is 310 g/mol. The predicted octanol–water partition coefficient (Wildman–Crippen LogP) is 1.29. The van der Waals surface area contributed by atoms with Crippen LogP contribution in [0.4, 0.5) is 0 Å². The van der Waals surface area contributed by atoms with E-state index >= 15 is 0 Å². The first-order valence-corrected chi connectivity index (χ1v) is 7.23. The van der Waals surface area contributed by atoms with Crippen molar-refractivity contribution in [2.75, 3.05) is 32.8 Å². The molecule has 0 radical (unpaired) electrons. The number of nitrogens with one attached hydrogen (secondary N) is 1. The molecule has 104 valence electrons. The van der Waals surface area contributed by atoms with Gasteiger partial charge < -0.3 is 10.1 Å². The Morgan fingerprint density at radius 1 is 1.63 bits per heavy atom. The van der Waals surface area contributed by atoms with E-state index in [1.54, 1.807) is 18.2 Å². The Morgan fingerprint density at radius 3 is 3.21 bits per heavy atom. The van der Waals surface area contributed by atoms with E-state index in [1.165, 1.54) is 0 Å². The SMILES string of the molecule is CCN1CCOC(CNC(=O)c2cccc(Br)n2)C1. The van der Waals surface area contributed by atoms with Gasteiger partial charge in [-0.25, -0.2) is 4.98 Å². The van der Waals surface area contributed by atoms with Crippen molar-refractivity contribution < 1.29 is 9.53 Å². The minimum absolute atomic E-state index is 0.0600. The third-order valence-electron chi connectivity index (χ3n) is 3.11. The van der Waals surface area contributed by atoms with Gasteiger partial charge in [0.1, 0.15) is 10.3 Å². The summed E-state index contributed by atoms with van der Waals surface area (Å²) in [5.41, 5.74) is 0.414. The number of likely N-dealkylation sites (N-methyl/N-ethyl adjacent to an activating group) is 1. The maximum absolute atomic E-state index is 11.9. The van der Waals surface area contributed by atoms with Crippen LogP contribution in [0.3, 0.4) is 0 Å². The highest BCUT2D eigenvalue weighted by Crippen LogP contribution is 2.07. The smallest absolute Gasteiger partial charge is 0.270 e. The summed E-state index contributed by atoms with van der Waals surface area (Å²) in [7, 11) is 0. The van der Waals surface area contributed by atoms with Crippen molar-refractivity contribution in [1.29, 1.82) is 0 Å². The molecule has 6 heteroatoms. The van der Waals surface area contributed by atoms with Crippen molar-refractivity contribution in [3.8, 4) is 0 Å². The van der Waals surface area contributed by atoms with Crippen molar-refractivity contribution in [2.24, 2.45) is 0 Å². The largest absolute Gasteiger partial charge is 0.374 e. The second-order valence-electron chi connectivity index (χ2n) is 4.44. The van der Waals surface area contributed by atoms with Crippen LogP contribution in [-0.2, 0) is 4.74 Å². The minimum Gasteiger partial charge on any atom is -0.374 e. The Hall–Kier alpha value is -0.980. The minimum atomic E-state index is -0.168. The molecule has 1 saturated heterocycles. The standard InChI is InChI=1S/C13H18BrN3O2/c1-2-17-6-7-19-10(9-17)8-15-13(18)11-4-3-5-12(14)16-11/h3-5,10H,2,6-9H2,1H3,(H,15,18). The quantitative estimate of drug-likeness (QED) is 0.847. The summed E-state index contributed by atoms with van der Waals surface area (Å²) >= 11 is 3.25. The van der Waals surface area contributed by atoms with Crippen molar-refractivity contribution in [3.63, 3.8) is 0 Å². The molecule has 1 unspecified atom stereocenters. The Morgan fingerprint density at radius 2 is 2.47 bits per heavy atom. The lowest BCUT2D eigenvalue weighted by Gasteiger charge is -2.32. The highest BCUT2D eigenvalue weighted by atomic mass is 79.9. The van der Waals surface area contributed by atoms with Crippen molar-refractivity contribution in [3.05, 3.63) is 28.5 Å². The molecule has 2 rings (SSSR count). The molecule has 5 nitrogen and oxygen atoms in total. The number of hydrogen-bond acceptors (Lipinski definition) is 4. The second-order valence-corrected chi connectivity index (χ2v) is 5.25. The van der Waals surface area contributed by atoms with Crippen LogP contribution in [-0.4, -0.2) is 54.7 Å². The number of ether oxygens (including phenoxy) is 1. The molecule has 0 spiro atoms. The number of morpholine rings is 1. The Balaban J connectivity index is 1.83. The molecule has 1 atom stereocenters. The van der Waals surface area contributed by atoms with Gasteiger partial charge >= 0.3 is 0 Å².